The summed E-state index contributed by atoms with van der Waals surface area (Å²) in [4.78, 5) is 13.9. The van der Waals surface area contributed by atoms with Crippen molar-refractivity contribution in [2.24, 2.45) is 0 Å². The molecule has 1 atom stereocenters. The summed E-state index contributed by atoms with van der Waals surface area (Å²) in [7, 11) is 0. The molecule has 1 amide bonds. The van der Waals surface area contributed by atoms with E-state index in [0.717, 1.165) is 30.8 Å². The molecule has 0 aliphatic carbocycles. The first-order valence-electron chi connectivity index (χ1n) is 6.53. The van der Waals surface area contributed by atoms with E-state index in [1.54, 1.807) is 0 Å². The smallest absolute Gasteiger partial charge is 0.224 e. The second kappa shape index (κ2) is 5.52. The average molecular weight is 251 g/mol. The number of aromatic nitrogens is 2. The number of aliphatic hydroxyl groups is 1. The number of aliphatic hydroxyl groups excluding tert-OH is 1. The van der Waals surface area contributed by atoms with Gasteiger partial charge in [0.05, 0.1) is 18.3 Å². The maximum absolute atomic E-state index is 12.1. The summed E-state index contributed by atoms with van der Waals surface area (Å²) in [6, 6.07) is 2.04. The van der Waals surface area contributed by atoms with Crippen molar-refractivity contribution in [3.8, 4) is 0 Å². The first-order valence-corrected chi connectivity index (χ1v) is 6.53. The molecule has 1 saturated heterocycles. The van der Waals surface area contributed by atoms with Crippen LogP contribution in [0.25, 0.3) is 0 Å². The van der Waals surface area contributed by atoms with Gasteiger partial charge < -0.3 is 10.0 Å². The molecular weight excluding hydrogens is 230 g/mol. The molecule has 0 spiro atoms. The van der Waals surface area contributed by atoms with Gasteiger partial charge in [-0.15, -0.1) is 0 Å². The van der Waals surface area contributed by atoms with E-state index < -0.39 is 0 Å². The van der Waals surface area contributed by atoms with Gasteiger partial charge in [0.25, 0.3) is 0 Å². The van der Waals surface area contributed by atoms with Crippen LogP contribution in [0.3, 0.4) is 0 Å². The van der Waals surface area contributed by atoms with E-state index in [-0.39, 0.29) is 18.6 Å². The molecule has 1 N–H and O–H groups in total. The summed E-state index contributed by atoms with van der Waals surface area (Å²) in [6.07, 6.45) is 2.37. The Labute approximate surface area is 107 Å². The van der Waals surface area contributed by atoms with Crippen LogP contribution in [0, 0.1) is 13.8 Å². The van der Waals surface area contributed by atoms with E-state index >= 15 is 0 Å². The second-order valence-electron chi connectivity index (χ2n) is 4.97. The van der Waals surface area contributed by atoms with E-state index in [2.05, 4.69) is 5.10 Å². The zero-order valence-corrected chi connectivity index (χ0v) is 11.1. The molecule has 2 heterocycles. The summed E-state index contributed by atoms with van der Waals surface area (Å²) in [5, 5.41) is 13.6. The zero-order valence-electron chi connectivity index (χ0n) is 11.1. The third-order valence-corrected chi connectivity index (χ3v) is 3.55. The Balaban J connectivity index is 1.90. The van der Waals surface area contributed by atoms with Crippen LogP contribution in [0.1, 0.15) is 30.7 Å². The van der Waals surface area contributed by atoms with E-state index in [4.69, 9.17) is 0 Å². The number of aryl methyl sites for hydroxylation is 3. The van der Waals surface area contributed by atoms with Crippen molar-refractivity contribution in [2.75, 3.05) is 13.2 Å². The minimum Gasteiger partial charge on any atom is -0.394 e. The number of hydrogen-bond acceptors (Lipinski definition) is 3. The number of carbonyl (C=O) groups excluding carboxylic acids is 1. The molecule has 0 saturated carbocycles. The van der Waals surface area contributed by atoms with Crippen molar-refractivity contribution in [2.45, 2.75) is 45.7 Å². The Morgan fingerprint density at radius 1 is 1.56 bits per heavy atom. The predicted octanol–water partition coefficient (Wildman–Crippen LogP) is 0.873. The van der Waals surface area contributed by atoms with Crippen LogP contribution in [0.15, 0.2) is 6.07 Å². The summed E-state index contributed by atoms with van der Waals surface area (Å²) in [5.41, 5.74) is 2.06. The van der Waals surface area contributed by atoms with Gasteiger partial charge >= 0.3 is 0 Å². The molecule has 1 aromatic rings. The molecule has 100 valence electrons. The maximum Gasteiger partial charge on any atom is 0.224 e. The van der Waals surface area contributed by atoms with E-state index in [0.29, 0.717) is 13.0 Å². The summed E-state index contributed by atoms with van der Waals surface area (Å²) >= 11 is 0. The van der Waals surface area contributed by atoms with Crippen LogP contribution in [-0.2, 0) is 11.3 Å². The van der Waals surface area contributed by atoms with Crippen molar-refractivity contribution >= 4 is 5.91 Å². The SMILES string of the molecule is Cc1cc(C)n(CCC(=O)N2CCCC2CO)n1. The third-order valence-electron chi connectivity index (χ3n) is 3.55. The molecule has 1 aromatic heterocycles. The van der Waals surface area contributed by atoms with Crippen LogP contribution >= 0.6 is 0 Å². The van der Waals surface area contributed by atoms with Gasteiger partial charge in [-0.3, -0.25) is 9.48 Å². The van der Waals surface area contributed by atoms with Crippen LogP contribution < -0.4 is 0 Å². The quantitative estimate of drug-likeness (QED) is 0.864. The monoisotopic (exact) mass is 251 g/mol. The molecule has 5 heteroatoms. The first-order chi connectivity index (χ1) is 8.61. The Hall–Kier alpha value is -1.36. The Bertz CT molecular complexity index is 428. The number of likely N-dealkylation sites (tertiary alicyclic amines) is 1. The molecule has 5 nitrogen and oxygen atoms in total. The molecule has 0 aromatic carbocycles. The molecule has 1 fully saturated rings. The van der Waals surface area contributed by atoms with Gasteiger partial charge in [-0.2, -0.15) is 5.10 Å². The first kappa shape index (κ1) is 13.1. The number of nitrogens with zero attached hydrogens (tertiary/aromatic N) is 3. The standard InChI is InChI=1S/C13H21N3O2/c1-10-8-11(2)16(14-10)7-5-13(18)15-6-3-4-12(15)9-17/h8,12,17H,3-7,9H2,1-2H3. The Morgan fingerprint density at radius 2 is 2.33 bits per heavy atom. The van der Waals surface area contributed by atoms with E-state index in [9.17, 15) is 9.90 Å². The third kappa shape index (κ3) is 2.72. The van der Waals surface area contributed by atoms with Crippen LogP contribution in [0.5, 0.6) is 0 Å². The van der Waals surface area contributed by atoms with Gasteiger partial charge in [0.1, 0.15) is 0 Å². The Morgan fingerprint density at radius 3 is 2.94 bits per heavy atom. The average Bonchev–Trinajstić information content (AvgIpc) is 2.92. The van der Waals surface area contributed by atoms with Crippen LogP contribution in [0.2, 0.25) is 0 Å². The van der Waals surface area contributed by atoms with Gasteiger partial charge in [-0.1, -0.05) is 0 Å². The van der Waals surface area contributed by atoms with Crippen LogP contribution in [0.4, 0.5) is 0 Å². The second-order valence-corrected chi connectivity index (χ2v) is 4.97. The number of rotatable bonds is 4. The highest BCUT2D eigenvalue weighted by Gasteiger charge is 2.27. The number of carbonyl (C=O) groups is 1. The highest BCUT2D eigenvalue weighted by atomic mass is 16.3. The Kier molecular flexibility index (Phi) is 4.01. The summed E-state index contributed by atoms with van der Waals surface area (Å²) in [5.74, 6) is 0.124. The van der Waals surface area contributed by atoms with Crippen molar-refractivity contribution in [3.63, 3.8) is 0 Å². The highest BCUT2D eigenvalue weighted by Crippen LogP contribution is 2.18. The summed E-state index contributed by atoms with van der Waals surface area (Å²) in [6.45, 7) is 5.42. The molecular formula is C13H21N3O2. The van der Waals surface area contributed by atoms with E-state index in [1.165, 1.54) is 0 Å². The minimum atomic E-state index is 0.0259. The van der Waals surface area contributed by atoms with Crippen LogP contribution in [-0.4, -0.2) is 44.9 Å². The van der Waals surface area contributed by atoms with E-state index in [1.807, 2.05) is 29.5 Å². The minimum absolute atomic E-state index is 0.0259. The molecule has 0 radical (unpaired) electrons. The fourth-order valence-corrected chi connectivity index (χ4v) is 2.60. The van der Waals surface area contributed by atoms with Crippen molar-refractivity contribution in [1.82, 2.24) is 14.7 Å². The van der Waals surface area contributed by atoms with Gasteiger partial charge in [0.15, 0.2) is 0 Å². The largest absolute Gasteiger partial charge is 0.394 e. The molecule has 2 rings (SSSR count). The zero-order chi connectivity index (χ0) is 13.1. The summed E-state index contributed by atoms with van der Waals surface area (Å²) < 4.78 is 1.87. The van der Waals surface area contributed by atoms with Crippen molar-refractivity contribution in [1.29, 1.82) is 0 Å². The van der Waals surface area contributed by atoms with Gasteiger partial charge in [-0.05, 0) is 32.8 Å². The van der Waals surface area contributed by atoms with Gasteiger partial charge in [-0.25, -0.2) is 0 Å². The molecule has 18 heavy (non-hydrogen) atoms. The molecule has 1 unspecified atom stereocenters. The molecule has 1 aliphatic rings. The highest BCUT2D eigenvalue weighted by molar-refractivity contribution is 5.76. The lowest BCUT2D eigenvalue weighted by Gasteiger charge is -2.23. The van der Waals surface area contributed by atoms with Crippen molar-refractivity contribution in [3.05, 3.63) is 17.5 Å². The lowest BCUT2D eigenvalue weighted by Crippen LogP contribution is -2.38. The fraction of sp³-hybridized carbons (Fsp3) is 0.692. The van der Waals surface area contributed by atoms with Gasteiger partial charge in [0.2, 0.25) is 5.91 Å². The maximum atomic E-state index is 12.1. The normalized spacial score (nSPS) is 19.5. The van der Waals surface area contributed by atoms with Crippen molar-refractivity contribution < 1.29 is 9.90 Å². The molecule has 1 aliphatic heterocycles. The number of hydrogen-bond donors (Lipinski definition) is 1. The topological polar surface area (TPSA) is 58.4 Å². The fourth-order valence-electron chi connectivity index (χ4n) is 2.60. The van der Waals surface area contributed by atoms with Gasteiger partial charge in [0, 0.05) is 25.2 Å². The predicted molar refractivity (Wildman–Crippen MR) is 68.1 cm³/mol. The lowest BCUT2D eigenvalue weighted by atomic mass is 10.2. The number of amides is 1. The lowest BCUT2D eigenvalue weighted by molar-refractivity contribution is -0.133. The molecule has 0 bridgehead atoms.